The fourth-order valence-electron chi connectivity index (χ4n) is 2.04. The zero-order valence-corrected chi connectivity index (χ0v) is 6.49. The van der Waals surface area contributed by atoms with Gasteiger partial charge in [-0.2, -0.15) is 0 Å². The highest BCUT2D eigenvalue weighted by Gasteiger charge is 2.55. The summed E-state index contributed by atoms with van der Waals surface area (Å²) in [4.78, 5) is 10.6. The molecule has 2 aliphatic carbocycles. The summed E-state index contributed by atoms with van der Waals surface area (Å²) in [6.45, 7) is 1.42. The Bertz CT molecular complexity index is 190. The molecule has 0 aliphatic heterocycles. The van der Waals surface area contributed by atoms with E-state index in [1.54, 1.807) is 0 Å². The lowest BCUT2D eigenvalue weighted by atomic mass is 10.2. The van der Waals surface area contributed by atoms with E-state index in [-0.39, 0.29) is 18.2 Å². The molecule has 2 fully saturated rings. The first-order valence-electron chi connectivity index (χ1n) is 4.04. The van der Waals surface area contributed by atoms with Crippen LogP contribution in [0.3, 0.4) is 0 Å². The van der Waals surface area contributed by atoms with E-state index in [0.29, 0.717) is 18.3 Å². The molecular weight excluding hydrogens is 144 g/mol. The fourth-order valence-corrected chi connectivity index (χ4v) is 2.04. The molecule has 0 aromatic carbocycles. The van der Waals surface area contributed by atoms with Gasteiger partial charge in [0.15, 0.2) is 0 Å². The van der Waals surface area contributed by atoms with Gasteiger partial charge in [0, 0.05) is 19.3 Å². The second-order valence-electron chi connectivity index (χ2n) is 3.51. The molecule has 3 nitrogen and oxygen atoms in total. The van der Waals surface area contributed by atoms with E-state index in [1.807, 2.05) is 0 Å². The molecule has 0 aromatic heterocycles. The number of ether oxygens (including phenoxy) is 1. The molecule has 62 valence electrons. The average molecular weight is 156 g/mol. The van der Waals surface area contributed by atoms with Crippen LogP contribution in [0, 0.1) is 11.8 Å². The summed E-state index contributed by atoms with van der Waals surface area (Å²) in [6, 6.07) is 0. The Hall–Kier alpha value is -0.570. The van der Waals surface area contributed by atoms with Crippen LogP contribution in [0.2, 0.25) is 0 Å². The standard InChI is InChI=1S/C8H12O3/c1-4(9)11-8-3-7(10)5-2-6(5)8/h5-8,10H,2-3H2,1H3/t5?,6?,7-,8+/m0/s1. The third kappa shape index (κ3) is 1.13. The predicted molar refractivity (Wildman–Crippen MR) is 37.8 cm³/mol. The molecule has 0 aromatic rings. The number of aliphatic hydroxyl groups excluding tert-OH is 1. The number of carbonyl (C=O) groups is 1. The molecule has 2 unspecified atom stereocenters. The van der Waals surface area contributed by atoms with Crippen molar-refractivity contribution >= 4 is 5.97 Å². The van der Waals surface area contributed by atoms with E-state index in [1.165, 1.54) is 6.92 Å². The van der Waals surface area contributed by atoms with E-state index in [4.69, 9.17) is 4.74 Å². The first-order chi connectivity index (χ1) is 5.18. The zero-order valence-electron chi connectivity index (χ0n) is 6.49. The molecule has 0 heterocycles. The topological polar surface area (TPSA) is 46.5 Å². The van der Waals surface area contributed by atoms with Gasteiger partial charge in [-0.15, -0.1) is 0 Å². The highest BCUT2D eigenvalue weighted by Crippen LogP contribution is 2.53. The number of hydrogen-bond acceptors (Lipinski definition) is 3. The Kier molecular flexibility index (Phi) is 1.42. The third-order valence-corrected chi connectivity index (χ3v) is 2.65. The zero-order chi connectivity index (χ0) is 8.01. The van der Waals surface area contributed by atoms with Crippen LogP contribution in [0.1, 0.15) is 19.8 Å². The molecule has 0 bridgehead atoms. The summed E-state index contributed by atoms with van der Waals surface area (Å²) in [5.41, 5.74) is 0. The largest absolute Gasteiger partial charge is 0.462 e. The summed E-state index contributed by atoms with van der Waals surface area (Å²) >= 11 is 0. The van der Waals surface area contributed by atoms with Crippen LogP contribution in [0.25, 0.3) is 0 Å². The average Bonchev–Trinajstić information content (AvgIpc) is 2.57. The Labute approximate surface area is 65.4 Å². The molecule has 1 N–H and O–H groups in total. The van der Waals surface area contributed by atoms with Gasteiger partial charge < -0.3 is 9.84 Å². The maximum atomic E-state index is 10.6. The van der Waals surface area contributed by atoms with Gasteiger partial charge in [0.2, 0.25) is 0 Å². The van der Waals surface area contributed by atoms with Crippen LogP contribution in [0.15, 0.2) is 0 Å². The Morgan fingerprint density at radius 3 is 2.55 bits per heavy atom. The molecular formula is C8H12O3. The molecule has 0 radical (unpaired) electrons. The van der Waals surface area contributed by atoms with Crippen molar-refractivity contribution < 1.29 is 14.6 Å². The highest BCUT2D eigenvalue weighted by molar-refractivity contribution is 5.66. The van der Waals surface area contributed by atoms with Crippen LogP contribution in [-0.2, 0) is 9.53 Å². The summed E-state index contributed by atoms with van der Waals surface area (Å²) in [7, 11) is 0. The maximum Gasteiger partial charge on any atom is 0.302 e. The van der Waals surface area contributed by atoms with E-state index < -0.39 is 0 Å². The number of carbonyl (C=O) groups excluding carboxylic acids is 1. The van der Waals surface area contributed by atoms with E-state index in [9.17, 15) is 9.90 Å². The van der Waals surface area contributed by atoms with Gasteiger partial charge >= 0.3 is 5.97 Å². The van der Waals surface area contributed by atoms with Gasteiger partial charge in [-0.25, -0.2) is 0 Å². The van der Waals surface area contributed by atoms with Crippen molar-refractivity contribution in [3.8, 4) is 0 Å². The van der Waals surface area contributed by atoms with Crippen molar-refractivity contribution in [2.24, 2.45) is 11.8 Å². The number of rotatable bonds is 1. The SMILES string of the molecule is CC(=O)O[C@@H]1C[C@H](O)C2CC21. The summed E-state index contributed by atoms with van der Waals surface area (Å²) in [5, 5.41) is 9.33. The van der Waals surface area contributed by atoms with Gasteiger partial charge in [-0.05, 0) is 12.3 Å². The van der Waals surface area contributed by atoms with Gasteiger partial charge in [0.1, 0.15) is 6.10 Å². The van der Waals surface area contributed by atoms with Crippen LogP contribution in [0.4, 0.5) is 0 Å². The number of hydrogen-bond donors (Lipinski definition) is 1. The Balaban J connectivity index is 1.92. The molecule has 2 aliphatic rings. The molecule has 3 heteroatoms. The van der Waals surface area contributed by atoms with Crippen LogP contribution >= 0.6 is 0 Å². The molecule has 0 spiro atoms. The van der Waals surface area contributed by atoms with Gasteiger partial charge in [-0.3, -0.25) is 4.79 Å². The monoisotopic (exact) mass is 156 g/mol. The number of esters is 1. The first kappa shape index (κ1) is 7.10. The van der Waals surface area contributed by atoms with Gasteiger partial charge in [-0.1, -0.05) is 0 Å². The van der Waals surface area contributed by atoms with Crippen molar-refractivity contribution in [3.05, 3.63) is 0 Å². The fraction of sp³-hybridized carbons (Fsp3) is 0.875. The lowest BCUT2D eigenvalue weighted by Crippen LogP contribution is -2.18. The van der Waals surface area contributed by atoms with Crippen LogP contribution in [0.5, 0.6) is 0 Å². The summed E-state index contributed by atoms with van der Waals surface area (Å²) in [5.74, 6) is 0.669. The molecule has 11 heavy (non-hydrogen) atoms. The summed E-state index contributed by atoms with van der Waals surface area (Å²) in [6.07, 6.45) is 1.48. The lowest BCUT2D eigenvalue weighted by molar-refractivity contribution is -0.147. The maximum absolute atomic E-state index is 10.6. The minimum atomic E-state index is -0.227. The van der Waals surface area contributed by atoms with Crippen LogP contribution < -0.4 is 0 Å². The molecule has 2 saturated carbocycles. The second kappa shape index (κ2) is 2.21. The van der Waals surface area contributed by atoms with Crippen molar-refractivity contribution in [1.29, 1.82) is 0 Å². The highest BCUT2D eigenvalue weighted by atomic mass is 16.5. The van der Waals surface area contributed by atoms with Crippen molar-refractivity contribution in [2.45, 2.75) is 32.0 Å². The minimum Gasteiger partial charge on any atom is -0.462 e. The number of aliphatic hydroxyl groups is 1. The smallest absolute Gasteiger partial charge is 0.302 e. The molecule has 0 amide bonds. The van der Waals surface area contributed by atoms with Crippen molar-refractivity contribution in [1.82, 2.24) is 0 Å². The lowest BCUT2D eigenvalue weighted by Gasteiger charge is -2.12. The first-order valence-corrected chi connectivity index (χ1v) is 4.04. The van der Waals surface area contributed by atoms with E-state index in [2.05, 4.69) is 0 Å². The van der Waals surface area contributed by atoms with E-state index in [0.717, 1.165) is 6.42 Å². The third-order valence-electron chi connectivity index (χ3n) is 2.65. The van der Waals surface area contributed by atoms with Crippen molar-refractivity contribution in [3.63, 3.8) is 0 Å². The van der Waals surface area contributed by atoms with Crippen LogP contribution in [-0.4, -0.2) is 23.3 Å². The second-order valence-corrected chi connectivity index (χ2v) is 3.51. The number of fused-ring (bicyclic) bond motifs is 1. The normalized spacial score (nSPS) is 46.7. The van der Waals surface area contributed by atoms with Gasteiger partial charge in [0.05, 0.1) is 6.10 Å². The quantitative estimate of drug-likeness (QED) is 0.556. The molecule has 2 rings (SSSR count). The van der Waals surface area contributed by atoms with E-state index >= 15 is 0 Å². The molecule has 0 saturated heterocycles. The Morgan fingerprint density at radius 2 is 2.18 bits per heavy atom. The minimum absolute atomic E-state index is 0.00694. The van der Waals surface area contributed by atoms with Gasteiger partial charge in [0.25, 0.3) is 0 Å². The predicted octanol–water partition coefficient (Wildman–Crippen LogP) is 0.319. The van der Waals surface area contributed by atoms with Crippen molar-refractivity contribution in [2.75, 3.05) is 0 Å². The summed E-state index contributed by atoms with van der Waals surface area (Å²) < 4.78 is 5.04. The molecule has 4 atom stereocenters. The Morgan fingerprint density at radius 1 is 1.45 bits per heavy atom.